The van der Waals surface area contributed by atoms with E-state index in [1.165, 1.54) is 30.5 Å². The van der Waals surface area contributed by atoms with Gasteiger partial charge in [0, 0.05) is 25.4 Å². The van der Waals surface area contributed by atoms with Crippen LogP contribution in [0.2, 0.25) is 0 Å². The first-order chi connectivity index (χ1) is 9.29. The van der Waals surface area contributed by atoms with Crippen molar-refractivity contribution in [3.05, 3.63) is 23.8 Å². The van der Waals surface area contributed by atoms with Crippen LogP contribution in [0.3, 0.4) is 0 Å². The van der Waals surface area contributed by atoms with E-state index in [9.17, 15) is 0 Å². The molecule has 0 bridgehead atoms. The van der Waals surface area contributed by atoms with E-state index in [2.05, 4.69) is 15.3 Å². The van der Waals surface area contributed by atoms with E-state index in [1.807, 2.05) is 24.9 Å². The van der Waals surface area contributed by atoms with E-state index in [0.717, 1.165) is 30.2 Å². The second kappa shape index (κ2) is 4.99. The predicted molar refractivity (Wildman–Crippen MR) is 75.0 cm³/mol. The number of aromatic nitrogens is 4. The third kappa shape index (κ3) is 2.20. The minimum Gasteiger partial charge on any atom is -0.373 e. The van der Waals surface area contributed by atoms with Crippen molar-refractivity contribution in [3.8, 4) is 11.5 Å². The molecule has 2 aromatic rings. The molecule has 5 heteroatoms. The Bertz CT molecular complexity index is 588. The Hall–Kier alpha value is -1.91. The molecule has 0 saturated carbocycles. The average Bonchev–Trinajstić information content (AvgIpc) is 2.71. The Labute approximate surface area is 113 Å². The number of rotatable bonds is 2. The molecule has 1 aliphatic rings. The summed E-state index contributed by atoms with van der Waals surface area (Å²) in [5, 5.41) is 3.22. The van der Waals surface area contributed by atoms with Crippen LogP contribution in [0.15, 0.2) is 12.5 Å². The molecule has 1 aliphatic carbocycles. The number of fused-ring (bicyclic) bond motifs is 1. The van der Waals surface area contributed by atoms with Gasteiger partial charge >= 0.3 is 0 Å². The van der Waals surface area contributed by atoms with E-state index in [-0.39, 0.29) is 0 Å². The van der Waals surface area contributed by atoms with Crippen LogP contribution in [0.4, 0.5) is 5.82 Å². The van der Waals surface area contributed by atoms with Crippen LogP contribution in [0.25, 0.3) is 11.5 Å². The lowest BCUT2D eigenvalue weighted by Crippen LogP contribution is -2.08. The molecule has 100 valence electrons. The zero-order valence-electron chi connectivity index (χ0n) is 11.5. The monoisotopic (exact) mass is 257 g/mol. The highest BCUT2D eigenvalue weighted by Gasteiger charge is 2.17. The molecule has 3 rings (SSSR count). The Kier molecular flexibility index (Phi) is 3.19. The zero-order chi connectivity index (χ0) is 13.2. The highest BCUT2D eigenvalue weighted by atomic mass is 15.1. The Morgan fingerprint density at radius 1 is 1.16 bits per heavy atom. The molecule has 2 heterocycles. The van der Waals surface area contributed by atoms with Gasteiger partial charge < -0.3 is 9.88 Å². The minimum absolute atomic E-state index is 0.769. The molecule has 5 nitrogen and oxygen atoms in total. The summed E-state index contributed by atoms with van der Waals surface area (Å²) < 4.78 is 1.96. The molecule has 0 saturated heterocycles. The fourth-order valence-corrected chi connectivity index (χ4v) is 2.66. The van der Waals surface area contributed by atoms with Crippen molar-refractivity contribution in [3.63, 3.8) is 0 Å². The number of hydrogen-bond donors (Lipinski definition) is 1. The normalized spacial score (nSPS) is 14.8. The third-order valence-electron chi connectivity index (χ3n) is 3.72. The van der Waals surface area contributed by atoms with Crippen molar-refractivity contribution in [1.82, 2.24) is 19.5 Å². The molecule has 0 fully saturated rings. The van der Waals surface area contributed by atoms with Crippen LogP contribution in [0.1, 0.15) is 30.5 Å². The van der Waals surface area contributed by atoms with Crippen molar-refractivity contribution in [2.45, 2.75) is 32.1 Å². The molecule has 0 aromatic carbocycles. The second-order valence-electron chi connectivity index (χ2n) is 5.02. The predicted octanol–water partition coefficient (Wildman–Crippen LogP) is 2.19. The van der Waals surface area contributed by atoms with Gasteiger partial charge in [0.1, 0.15) is 11.5 Å². The SMILES string of the molecule is CNc1nc(-c2cncn2C)nc2c1CCCCC2. The fraction of sp³-hybridized carbons (Fsp3) is 0.500. The first-order valence-electron chi connectivity index (χ1n) is 6.84. The van der Waals surface area contributed by atoms with Crippen LogP contribution in [-0.2, 0) is 19.9 Å². The molecule has 19 heavy (non-hydrogen) atoms. The third-order valence-corrected chi connectivity index (χ3v) is 3.72. The van der Waals surface area contributed by atoms with Crippen molar-refractivity contribution < 1.29 is 0 Å². The van der Waals surface area contributed by atoms with Crippen LogP contribution in [0.5, 0.6) is 0 Å². The fourth-order valence-electron chi connectivity index (χ4n) is 2.66. The highest BCUT2D eigenvalue weighted by molar-refractivity contribution is 5.56. The van der Waals surface area contributed by atoms with Crippen LogP contribution in [-0.4, -0.2) is 26.6 Å². The van der Waals surface area contributed by atoms with Crippen molar-refractivity contribution in [2.75, 3.05) is 12.4 Å². The molecule has 0 radical (unpaired) electrons. The Balaban J connectivity index is 2.13. The number of aryl methyl sites for hydroxylation is 2. The van der Waals surface area contributed by atoms with Gasteiger partial charge in [-0.2, -0.15) is 0 Å². The Morgan fingerprint density at radius 3 is 2.74 bits per heavy atom. The van der Waals surface area contributed by atoms with Gasteiger partial charge in [-0.15, -0.1) is 0 Å². The number of imidazole rings is 1. The molecule has 0 unspecified atom stereocenters. The first kappa shape index (κ1) is 12.1. The first-order valence-corrected chi connectivity index (χ1v) is 6.84. The van der Waals surface area contributed by atoms with E-state index in [0.29, 0.717) is 0 Å². The molecule has 0 amide bonds. The van der Waals surface area contributed by atoms with Gasteiger partial charge in [-0.05, 0) is 25.7 Å². The van der Waals surface area contributed by atoms with E-state index in [4.69, 9.17) is 4.98 Å². The average molecular weight is 257 g/mol. The van der Waals surface area contributed by atoms with E-state index in [1.54, 1.807) is 6.33 Å². The lowest BCUT2D eigenvalue weighted by Gasteiger charge is -2.13. The summed E-state index contributed by atoms with van der Waals surface area (Å²) in [4.78, 5) is 13.6. The quantitative estimate of drug-likeness (QED) is 0.838. The Morgan fingerprint density at radius 2 is 2.00 bits per heavy atom. The van der Waals surface area contributed by atoms with Crippen LogP contribution in [0, 0.1) is 0 Å². The number of nitrogens with zero attached hydrogens (tertiary/aromatic N) is 4. The zero-order valence-corrected chi connectivity index (χ0v) is 11.5. The summed E-state index contributed by atoms with van der Waals surface area (Å²) >= 11 is 0. The van der Waals surface area contributed by atoms with Gasteiger partial charge in [0.05, 0.1) is 12.5 Å². The van der Waals surface area contributed by atoms with Gasteiger partial charge in [-0.1, -0.05) is 6.42 Å². The van der Waals surface area contributed by atoms with Crippen LogP contribution >= 0.6 is 0 Å². The number of nitrogens with one attached hydrogen (secondary N) is 1. The molecule has 2 aromatic heterocycles. The van der Waals surface area contributed by atoms with E-state index >= 15 is 0 Å². The molecule has 0 aliphatic heterocycles. The summed E-state index contributed by atoms with van der Waals surface area (Å²) in [6, 6.07) is 0. The van der Waals surface area contributed by atoms with Gasteiger partial charge in [-0.25, -0.2) is 15.0 Å². The van der Waals surface area contributed by atoms with Gasteiger partial charge in [0.2, 0.25) is 0 Å². The lowest BCUT2D eigenvalue weighted by molar-refractivity contribution is 0.709. The molecule has 0 spiro atoms. The maximum atomic E-state index is 4.77. The summed E-state index contributed by atoms with van der Waals surface area (Å²) in [5.41, 5.74) is 3.46. The molecular formula is C14H19N5. The smallest absolute Gasteiger partial charge is 0.180 e. The van der Waals surface area contributed by atoms with Gasteiger partial charge in [0.25, 0.3) is 0 Å². The molecule has 1 N–H and O–H groups in total. The summed E-state index contributed by atoms with van der Waals surface area (Å²) in [7, 11) is 3.90. The summed E-state index contributed by atoms with van der Waals surface area (Å²) in [6.45, 7) is 0. The maximum Gasteiger partial charge on any atom is 0.180 e. The van der Waals surface area contributed by atoms with Gasteiger partial charge in [0.15, 0.2) is 5.82 Å². The second-order valence-corrected chi connectivity index (χ2v) is 5.02. The summed E-state index contributed by atoms with van der Waals surface area (Å²) in [6.07, 6.45) is 9.46. The number of hydrogen-bond acceptors (Lipinski definition) is 4. The lowest BCUT2D eigenvalue weighted by atomic mass is 10.1. The van der Waals surface area contributed by atoms with Gasteiger partial charge in [-0.3, -0.25) is 0 Å². The van der Waals surface area contributed by atoms with Crippen molar-refractivity contribution >= 4 is 5.82 Å². The standard InChI is InChI=1S/C14H19N5/c1-15-13-10-6-4-3-5-7-11(10)17-14(18-13)12-8-16-9-19(12)2/h8-9H,3-7H2,1-2H3,(H,15,17,18). The largest absolute Gasteiger partial charge is 0.373 e. The highest BCUT2D eigenvalue weighted by Crippen LogP contribution is 2.27. The maximum absolute atomic E-state index is 4.77. The molecule has 0 atom stereocenters. The minimum atomic E-state index is 0.769. The van der Waals surface area contributed by atoms with Crippen molar-refractivity contribution in [1.29, 1.82) is 0 Å². The molecular weight excluding hydrogens is 238 g/mol. The number of anilines is 1. The topological polar surface area (TPSA) is 55.6 Å². The van der Waals surface area contributed by atoms with E-state index < -0.39 is 0 Å². The summed E-state index contributed by atoms with van der Waals surface area (Å²) in [5.74, 6) is 1.74. The van der Waals surface area contributed by atoms with Crippen LogP contribution < -0.4 is 5.32 Å². The van der Waals surface area contributed by atoms with Crippen molar-refractivity contribution in [2.24, 2.45) is 7.05 Å².